The lowest BCUT2D eigenvalue weighted by atomic mass is 9.98. The van der Waals surface area contributed by atoms with Gasteiger partial charge in [0.15, 0.2) is 0 Å². The van der Waals surface area contributed by atoms with E-state index in [1.165, 1.54) is 6.08 Å². The first kappa shape index (κ1) is 11.7. The predicted octanol–water partition coefficient (Wildman–Crippen LogP) is 2.88. The van der Waals surface area contributed by atoms with E-state index in [2.05, 4.69) is 0 Å². The minimum atomic E-state index is -0.893. The third kappa shape index (κ3) is 2.67. The highest BCUT2D eigenvalue weighted by molar-refractivity contribution is 5.92. The normalized spacial score (nSPS) is 15.8. The summed E-state index contributed by atoms with van der Waals surface area (Å²) in [5, 5.41) is 8.94. The summed E-state index contributed by atoms with van der Waals surface area (Å²) in [6.07, 6.45) is 3.45. The van der Waals surface area contributed by atoms with E-state index in [1.54, 1.807) is 7.11 Å². The van der Waals surface area contributed by atoms with Crippen molar-refractivity contribution in [1.82, 2.24) is 0 Å². The van der Waals surface area contributed by atoms with Crippen LogP contribution >= 0.6 is 0 Å². The molecule has 0 atom stereocenters. The maximum Gasteiger partial charge on any atom is 0.328 e. The standard InChI is InChI=1S/C14H16O3/c1-9-3-6-13(17-2)12(7-9)11(8-14(15)16)10-4-5-10/h3,6-8,10H,4-5H2,1-2H3,(H,15,16)/b11-8+. The van der Waals surface area contributed by atoms with Gasteiger partial charge >= 0.3 is 5.97 Å². The van der Waals surface area contributed by atoms with Crippen molar-refractivity contribution >= 4 is 11.5 Å². The SMILES string of the molecule is COc1ccc(C)cc1/C(=C/C(=O)O)C1CC1. The van der Waals surface area contributed by atoms with Crippen LogP contribution in [0.25, 0.3) is 5.57 Å². The zero-order valence-electron chi connectivity index (χ0n) is 10.1. The quantitative estimate of drug-likeness (QED) is 0.812. The fourth-order valence-corrected chi connectivity index (χ4v) is 1.99. The van der Waals surface area contributed by atoms with E-state index in [1.807, 2.05) is 25.1 Å². The molecule has 3 nitrogen and oxygen atoms in total. The Morgan fingerprint density at radius 3 is 2.71 bits per heavy atom. The Bertz CT molecular complexity index is 470. The molecule has 1 aliphatic rings. The van der Waals surface area contributed by atoms with Gasteiger partial charge in [0.2, 0.25) is 0 Å². The molecule has 0 spiro atoms. The van der Waals surface area contributed by atoms with Gasteiger partial charge in [0.05, 0.1) is 7.11 Å². The molecule has 0 saturated heterocycles. The van der Waals surface area contributed by atoms with E-state index in [4.69, 9.17) is 9.84 Å². The van der Waals surface area contributed by atoms with Gasteiger partial charge in [-0.15, -0.1) is 0 Å². The van der Waals surface area contributed by atoms with Crippen LogP contribution in [0, 0.1) is 12.8 Å². The van der Waals surface area contributed by atoms with Gasteiger partial charge in [-0.05, 0) is 43.4 Å². The Labute approximate surface area is 101 Å². The molecule has 0 aromatic heterocycles. The summed E-state index contributed by atoms with van der Waals surface area (Å²) in [6, 6.07) is 5.85. The van der Waals surface area contributed by atoms with Crippen molar-refractivity contribution in [2.24, 2.45) is 5.92 Å². The Morgan fingerprint density at radius 1 is 1.47 bits per heavy atom. The van der Waals surface area contributed by atoms with E-state index >= 15 is 0 Å². The van der Waals surface area contributed by atoms with E-state index in [9.17, 15) is 4.79 Å². The van der Waals surface area contributed by atoms with Crippen LogP contribution in [-0.2, 0) is 4.79 Å². The van der Waals surface area contributed by atoms with Crippen molar-refractivity contribution < 1.29 is 14.6 Å². The lowest BCUT2D eigenvalue weighted by Gasteiger charge is -2.12. The number of hydrogen-bond acceptors (Lipinski definition) is 2. The Morgan fingerprint density at radius 2 is 2.18 bits per heavy atom. The Kier molecular flexibility index (Phi) is 3.18. The van der Waals surface area contributed by atoms with Gasteiger partial charge < -0.3 is 9.84 Å². The molecule has 0 radical (unpaired) electrons. The molecule has 1 N–H and O–H groups in total. The van der Waals surface area contributed by atoms with Crippen LogP contribution < -0.4 is 4.74 Å². The number of carboxylic acid groups (broad SMARTS) is 1. The van der Waals surface area contributed by atoms with Crippen molar-refractivity contribution in [1.29, 1.82) is 0 Å². The van der Waals surface area contributed by atoms with Crippen molar-refractivity contribution in [3.8, 4) is 5.75 Å². The maximum atomic E-state index is 10.9. The molecule has 0 bridgehead atoms. The van der Waals surface area contributed by atoms with Crippen LogP contribution in [0.4, 0.5) is 0 Å². The smallest absolute Gasteiger partial charge is 0.328 e. The van der Waals surface area contributed by atoms with Crippen molar-refractivity contribution in [2.45, 2.75) is 19.8 Å². The molecule has 1 aliphatic carbocycles. The van der Waals surface area contributed by atoms with Gasteiger partial charge in [-0.1, -0.05) is 11.6 Å². The summed E-state index contributed by atoms with van der Waals surface area (Å²) in [5.41, 5.74) is 2.91. The first-order chi connectivity index (χ1) is 8.11. The number of ether oxygens (including phenoxy) is 1. The summed E-state index contributed by atoms with van der Waals surface area (Å²) in [7, 11) is 1.61. The van der Waals surface area contributed by atoms with Gasteiger partial charge in [0, 0.05) is 11.6 Å². The second-order valence-electron chi connectivity index (χ2n) is 4.42. The average molecular weight is 232 g/mol. The van der Waals surface area contributed by atoms with E-state index in [0.29, 0.717) is 5.92 Å². The number of benzene rings is 1. The highest BCUT2D eigenvalue weighted by Crippen LogP contribution is 2.44. The van der Waals surface area contributed by atoms with Crippen LogP contribution in [0.5, 0.6) is 5.75 Å². The van der Waals surface area contributed by atoms with Crippen molar-refractivity contribution in [3.63, 3.8) is 0 Å². The van der Waals surface area contributed by atoms with Crippen LogP contribution in [0.15, 0.2) is 24.3 Å². The van der Waals surface area contributed by atoms with Crippen LogP contribution in [0.3, 0.4) is 0 Å². The number of carbonyl (C=O) groups is 1. The number of hydrogen-bond donors (Lipinski definition) is 1. The monoisotopic (exact) mass is 232 g/mol. The Hall–Kier alpha value is -1.77. The van der Waals surface area contributed by atoms with Gasteiger partial charge in [0.1, 0.15) is 5.75 Å². The third-order valence-electron chi connectivity index (χ3n) is 2.96. The van der Waals surface area contributed by atoms with E-state index in [0.717, 1.165) is 35.3 Å². The molecule has 2 rings (SSSR count). The topological polar surface area (TPSA) is 46.5 Å². The lowest BCUT2D eigenvalue weighted by molar-refractivity contribution is -0.131. The van der Waals surface area contributed by atoms with Gasteiger partial charge in [0.25, 0.3) is 0 Å². The third-order valence-corrected chi connectivity index (χ3v) is 2.96. The summed E-state index contributed by atoms with van der Waals surface area (Å²) >= 11 is 0. The summed E-state index contributed by atoms with van der Waals surface area (Å²) in [4.78, 5) is 10.9. The van der Waals surface area contributed by atoms with Crippen molar-refractivity contribution in [2.75, 3.05) is 7.11 Å². The highest BCUT2D eigenvalue weighted by Gasteiger charge is 2.29. The molecule has 0 aliphatic heterocycles. The average Bonchev–Trinajstić information content (AvgIpc) is 3.09. The number of allylic oxidation sites excluding steroid dienone is 1. The molecule has 0 amide bonds. The first-order valence-corrected chi connectivity index (χ1v) is 5.71. The lowest BCUT2D eigenvalue weighted by Crippen LogP contribution is -1.98. The van der Waals surface area contributed by atoms with E-state index in [-0.39, 0.29) is 0 Å². The maximum absolute atomic E-state index is 10.9. The first-order valence-electron chi connectivity index (χ1n) is 5.71. The van der Waals surface area contributed by atoms with Gasteiger partial charge in [-0.3, -0.25) is 0 Å². The molecule has 1 aromatic rings. The minimum absolute atomic E-state index is 0.377. The number of carboxylic acids is 1. The highest BCUT2D eigenvalue weighted by atomic mass is 16.5. The van der Waals surface area contributed by atoms with Gasteiger partial charge in [-0.2, -0.15) is 0 Å². The largest absolute Gasteiger partial charge is 0.496 e. The summed E-state index contributed by atoms with van der Waals surface area (Å²) in [6.45, 7) is 1.99. The fourth-order valence-electron chi connectivity index (χ4n) is 1.99. The molecule has 90 valence electrons. The number of aryl methyl sites for hydroxylation is 1. The number of rotatable bonds is 4. The minimum Gasteiger partial charge on any atom is -0.496 e. The van der Waals surface area contributed by atoms with Crippen molar-refractivity contribution in [3.05, 3.63) is 35.4 Å². The number of methoxy groups -OCH3 is 1. The molecule has 3 heteroatoms. The second-order valence-corrected chi connectivity index (χ2v) is 4.42. The molecular formula is C14H16O3. The molecule has 1 fully saturated rings. The fraction of sp³-hybridized carbons (Fsp3) is 0.357. The zero-order valence-corrected chi connectivity index (χ0v) is 10.1. The molecule has 1 aromatic carbocycles. The zero-order chi connectivity index (χ0) is 12.4. The number of aliphatic carboxylic acids is 1. The molecule has 0 unspecified atom stereocenters. The van der Waals surface area contributed by atoms with E-state index < -0.39 is 5.97 Å². The van der Waals surface area contributed by atoms with Crippen LogP contribution in [-0.4, -0.2) is 18.2 Å². The Balaban J connectivity index is 2.48. The summed E-state index contributed by atoms with van der Waals surface area (Å²) < 4.78 is 5.31. The molecule has 1 saturated carbocycles. The second kappa shape index (κ2) is 4.62. The summed E-state index contributed by atoms with van der Waals surface area (Å²) in [5.74, 6) is 0.229. The van der Waals surface area contributed by atoms with Crippen LogP contribution in [0.1, 0.15) is 24.0 Å². The molecular weight excluding hydrogens is 216 g/mol. The van der Waals surface area contributed by atoms with Gasteiger partial charge in [-0.25, -0.2) is 4.79 Å². The predicted molar refractivity (Wildman–Crippen MR) is 66.1 cm³/mol. The molecule has 17 heavy (non-hydrogen) atoms. The molecule has 0 heterocycles. The van der Waals surface area contributed by atoms with Crippen LogP contribution in [0.2, 0.25) is 0 Å².